The van der Waals surface area contributed by atoms with Gasteiger partial charge in [0.15, 0.2) is 0 Å². The Morgan fingerprint density at radius 2 is 2.09 bits per heavy atom. The van der Waals surface area contributed by atoms with Gasteiger partial charge in [-0.2, -0.15) is 0 Å². The van der Waals surface area contributed by atoms with Gasteiger partial charge in [0.25, 0.3) is 0 Å². The van der Waals surface area contributed by atoms with E-state index >= 15 is 0 Å². The molecule has 0 saturated heterocycles. The van der Waals surface area contributed by atoms with Crippen molar-refractivity contribution in [3.05, 3.63) is 0 Å². The van der Waals surface area contributed by atoms with Crippen LogP contribution in [0.25, 0.3) is 0 Å². The van der Waals surface area contributed by atoms with Gasteiger partial charge in [-0.25, -0.2) is 0 Å². The first-order chi connectivity index (χ1) is 4.94. The molecule has 0 aromatic carbocycles. The third kappa shape index (κ3) is 1.39. The van der Waals surface area contributed by atoms with Crippen molar-refractivity contribution >= 4 is 5.91 Å². The van der Waals surface area contributed by atoms with E-state index in [-0.39, 0.29) is 5.91 Å². The summed E-state index contributed by atoms with van der Waals surface area (Å²) in [7, 11) is 0. The van der Waals surface area contributed by atoms with Crippen molar-refractivity contribution in [1.82, 2.24) is 5.32 Å². The molecule has 2 unspecified atom stereocenters. The highest BCUT2D eigenvalue weighted by Gasteiger charge is 2.45. The van der Waals surface area contributed by atoms with E-state index in [9.17, 15) is 4.79 Å². The largest absolute Gasteiger partial charge is 0.353 e. The third-order valence-corrected chi connectivity index (χ3v) is 3.13. The molecular formula is C9H17NO. The zero-order valence-corrected chi connectivity index (χ0v) is 7.77. The summed E-state index contributed by atoms with van der Waals surface area (Å²) in [4.78, 5) is 10.7. The summed E-state index contributed by atoms with van der Waals surface area (Å²) in [6, 6.07) is 0.398. The van der Waals surface area contributed by atoms with Gasteiger partial charge in [0.2, 0.25) is 5.91 Å². The van der Waals surface area contributed by atoms with E-state index in [0.717, 1.165) is 12.3 Å². The number of nitrogens with one attached hydrogen (secondary N) is 1. The first-order valence-corrected chi connectivity index (χ1v) is 4.21. The van der Waals surface area contributed by atoms with Crippen LogP contribution in [-0.2, 0) is 4.79 Å². The highest BCUT2D eigenvalue weighted by molar-refractivity contribution is 5.73. The van der Waals surface area contributed by atoms with Crippen LogP contribution < -0.4 is 5.32 Å². The number of amides is 1. The molecule has 0 aromatic heterocycles. The topological polar surface area (TPSA) is 29.1 Å². The van der Waals surface area contributed by atoms with Gasteiger partial charge < -0.3 is 5.32 Å². The molecule has 0 radical (unpaired) electrons. The molecule has 1 saturated carbocycles. The number of hydrogen-bond donors (Lipinski definition) is 1. The lowest BCUT2D eigenvalue weighted by atomic mass is 9.59. The van der Waals surface area contributed by atoms with Gasteiger partial charge in [-0.1, -0.05) is 20.8 Å². The average Bonchev–Trinajstić information content (AvgIpc) is 1.87. The molecule has 1 N–H and O–H groups in total. The van der Waals surface area contributed by atoms with Crippen LogP contribution in [0.15, 0.2) is 0 Å². The number of carbonyl (C=O) groups excluding carboxylic acids is 1. The predicted molar refractivity (Wildman–Crippen MR) is 45.2 cm³/mol. The molecule has 1 aliphatic carbocycles. The number of hydrogen-bond acceptors (Lipinski definition) is 1. The molecule has 2 nitrogen and oxygen atoms in total. The average molecular weight is 155 g/mol. The van der Waals surface area contributed by atoms with Crippen LogP contribution in [0, 0.1) is 11.3 Å². The van der Waals surface area contributed by atoms with Crippen molar-refractivity contribution in [1.29, 1.82) is 0 Å². The lowest BCUT2D eigenvalue weighted by molar-refractivity contribution is -0.123. The Labute approximate surface area is 68.4 Å². The standard InChI is InChI=1S/C9H17NO/c1-6-5-8(9(6,3)4)10-7(2)11/h6,8H,5H2,1-4H3,(H,10,11). The molecule has 0 aliphatic heterocycles. The Morgan fingerprint density at radius 3 is 2.36 bits per heavy atom. The van der Waals surface area contributed by atoms with Crippen molar-refractivity contribution in [3.8, 4) is 0 Å². The van der Waals surface area contributed by atoms with Crippen LogP contribution >= 0.6 is 0 Å². The lowest BCUT2D eigenvalue weighted by Crippen LogP contribution is -2.56. The van der Waals surface area contributed by atoms with Crippen molar-refractivity contribution in [2.24, 2.45) is 11.3 Å². The zero-order valence-electron chi connectivity index (χ0n) is 7.77. The first-order valence-electron chi connectivity index (χ1n) is 4.21. The van der Waals surface area contributed by atoms with Crippen molar-refractivity contribution in [2.45, 2.75) is 40.2 Å². The highest BCUT2D eigenvalue weighted by atomic mass is 16.1. The van der Waals surface area contributed by atoms with Gasteiger partial charge in [0.1, 0.15) is 0 Å². The van der Waals surface area contributed by atoms with Gasteiger partial charge in [-0.15, -0.1) is 0 Å². The van der Waals surface area contributed by atoms with Gasteiger partial charge in [0, 0.05) is 13.0 Å². The van der Waals surface area contributed by atoms with E-state index in [0.29, 0.717) is 11.5 Å². The Bertz CT molecular complexity index is 174. The Kier molecular flexibility index (Phi) is 1.95. The second-order valence-corrected chi connectivity index (χ2v) is 4.21. The molecule has 2 atom stereocenters. The maximum absolute atomic E-state index is 10.7. The normalized spacial score (nSPS) is 34.2. The van der Waals surface area contributed by atoms with E-state index in [4.69, 9.17) is 0 Å². The van der Waals surface area contributed by atoms with E-state index < -0.39 is 0 Å². The maximum Gasteiger partial charge on any atom is 0.217 e. The molecule has 11 heavy (non-hydrogen) atoms. The summed E-state index contributed by atoms with van der Waals surface area (Å²) >= 11 is 0. The summed E-state index contributed by atoms with van der Waals surface area (Å²) in [6.45, 7) is 8.24. The SMILES string of the molecule is CC(=O)NC1CC(C)C1(C)C. The predicted octanol–water partition coefficient (Wildman–Crippen LogP) is 1.56. The van der Waals surface area contributed by atoms with Crippen LogP contribution in [0.2, 0.25) is 0 Å². The monoisotopic (exact) mass is 155 g/mol. The van der Waals surface area contributed by atoms with Crippen molar-refractivity contribution in [3.63, 3.8) is 0 Å². The van der Waals surface area contributed by atoms with Crippen molar-refractivity contribution < 1.29 is 4.79 Å². The van der Waals surface area contributed by atoms with Gasteiger partial charge >= 0.3 is 0 Å². The van der Waals surface area contributed by atoms with Crippen LogP contribution in [0.3, 0.4) is 0 Å². The fourth-order valence-electron chi connectivity index (χ4n) is 1.63. The minimum Gasteiger partial charge on any atom is -0.353 e. The van der Waals surface area contributed by atoms with Crippen LogP contribution in [0.5, 0.6) is 0 Å². The summed E-state index contributed by atoms with van der Waals surface area (Å²) < 4.78 is 0. The first kappa shape index (κ1) is 8.57. The van der Waals surface area contributed by atoms with Crippen molar-refractivity contribution in [2.75, 3.05) is 0 Å². The van der Waals surface area contributed by atoms with Gasteiger partial charge in [0.05, 0.1) is 0 Å². The molecule has 0 aromatic rings. The zero-order chi connectivity index (χ0) is 8.65. The highest BCUT2D eigenvalue weighted by Crippen LogP contribution is 2.45. The second-order valence-electron chi connectivity index (χ2n) is 4.21. The minimum atomic E-state index is 0.0926. The Morgan fingerprint density at radius 1 is 1.55 bits per heavy atom. The van der Waals surface area contributed by atoms with Gasteiger partial charge in [-0.3, -0.25) is 4.79 Å². The Balaban J connectivity index is 2.46. The minimum absolute atomic E-state index is 0.0926. The number of rotatable bonds is 1. The van der Waals surface area contributed by atoms with E-state index in [1.54, 1.807) is 6.92 Å². The fourth-order valence-corrected chi connectivity index (χ4v) is 1.63. The van der Waals surface area contributed by atoms with Crippen LogP contribution in [0.1, 0.15) is 34.1 Å². The second kappa shape index (κ2) is 2.50. The molecule has 0 bridgehead atoms. The van der Waals surface area contributed by atoms with E-state index in [2.05, 4.69) is 26.1 Å². The molecule has 1 fully saturated rings. The van der Waals surface area contributed by atoms with Crippen LogP contribution in [-0.4, -0.2) is 11.9 Å². The molecule has 1 rings (SSSR count). The lowest BCUT2D eigenvalue weighted by Gasteiger charge is -2.50. The maximum atomic E-state index is 10.7. The molecule has 1 aliphatic rings. The van der Waals surface area contributed by atoms with E-state index in [1.165, 1.54) is 0 Å². The van der Waals surface area contributed by atoms with E-state index in [1.807, 2.05) is 0 Å². The number of carbonyl (C=O) groups is 1. The summed E-state index contributed by atoms with van der Waals surface area (Å²) in [5.41, 5.74) is 0.297. The third-order valence-electron chi connectivity index (χ3n) is 3.13. The smallest absolute Gasteiger partial charge is 0.217 e. The molecule has 0 heterocycles. The van der Waals surface area contributed by atoms with Gasteiger partial charge in [-0.05, 0) is 17.8 Å². The Hall–Kier alpha value is -0.530. The molecule has 0 spiro atoms. The summed E-state index contributed by atoms with van der Waals surface area (Å²) in [5, 5.41) is 2.96. The summed E-state index contributed by atoms with van der Waals surface area (Å²) in [5.74, 6) is 0.828. The molecule has 2 heteroatoms. The van der Waals surface area contributed by atoms with Crippen LogP contribution in [0.4, 0.5) is 0 Å². The summed E-state index contributed by atoms with van der Waals surface area (Å²) in [6.07, 6.45) is 1.13. The molecular weight excluding hydrogens is 138 g/mol. The molecule has 1 amide bonds. The fraction of sp³-hybridized carbons (Fsp3) is 0.889. The molecule has 64 valence electrons. The quantitative estimate of drug-likeness (QED) is 0.611.